The zero-order chi connectivity index (χ0) is 24.9. The van der Waals surface area contributed by atoms with Crippen LogP contribution in [0.1, 0.15) is 37.0 Å². The normalized spacial score (nSPS) is 21.9. The molecule has 35 heavy (non-hydrogen) atoms. The third-order valence-electron chi connectivity index (χ3n) is 7.03. The van der Waals surface area contributed by atoms with Gasteiger partial charge in [-0.05, 0) is 31.4 Å². The van der Waals surface area contributed by atoms with Gasteiger partial charge >= 0.3 is 0 Å². The molecule has 0 bridgehead atoms. The number of rotatable bonds is 6. The number of pyridine rings is 1. The van der Waals surface area contributed by atoms with Gasteiger partial charge in [0.05, 0.1) is 19.2 Å². The lowest BCUT2D eigenvalue weighted by Gasteiger charge is -2.38. The Labute approximate surface area is 206 Å². The molecule has 0 saturated carbocycles. The zero-order valence-corrected chi connectivity index (χ0v) is 20.7. The van der Waals surface area contributed by atoms with E-state index in [4.69, 9.17) is 9.47 Å². The lowest BCUT2D eigenvalue weighted by molar-refractivity contribution is -0.138. The van der Waals surface area contributed by atoms with Crippen molar-refractivity contribution in [3.05, 3.63) is 48.2 Å². The van der Waals surface area contributed by atoms with Crippen LogP contribution in [-0.2, 0) is 9.53 Å². The van der Waals surface area contributed by atoms with Crippen LogP contribution in [-0.4, -0.2) is 83.8 Å². The number of likely N-dealkylation sites (N-methyl/N-ethyl adjacent to an activating group) is 1. The average Bonchev–Trinajstić information content (AvgIpc) is 2.90. The molecule has 3 atom stereocenters. The van der Waals surface area contributed by atoms with E-state index in [-0.39, 0.29) is 48.3 Å². The quantitative estimate of drug-likeness (QED) is 0.682. The number of aliphatic hydroxyl groups is 1. The van der Waals surface area contributed by atoms with Crippen LogP contribution in [0.5, 0.6) is 5.88 Å². The summed E-state index contributed by atoms with van der Waals surface area (Å²) in [6.45, 7) is 5.69. The first-order valence-corrected chi connectivity index (χ1v) is 12.4. The standard InChI is InChI=1S/C27H35N3O5/c1-18-15-30(19(2)17-31)27(33)23-13-22(20-7-5-4-6-8-20)14-28-25(23)35-24(18)16-29(3)26(32)21-9-11-34-12-10-21/h4-8,13-14,18-19,21,24,31H,9-12,15-17H2,1-3H3/t18-,19-,24+/m1/s1. The molecular formula is C27H35N3O5. The van der Waals surface area contributed by atoms with E-state index in [0.29, 0.717) is 31.9 Å². The summed E-state index contributed by atoms with van der Waals surface area (Å²) in [5.74, 6) is 0.0121. The Kier molecular flexibility index (Phi) is 8.03. The van der Waals surface area contributed by atoms with Crippen LogP contribution >= 0.6 is 0 Å². The van der Waals surface area contributed by atoms with Gasteiger partial charge in [0.1, 0.15) is 11.7 Å². The van der Waals surface area contributed by atoms with E-state index in [2.05, 4.69) is 4.98 Å². The van der Waals surface area contributed by atoms with Crippen LogP contribution < -0.4 is 4.74 Å². The fraction of sp³-hybridized carbons (Fsp3) is 0.519. The molecule has 0 radical (unpaired) electrons. The predicted molar refractivity (Wildman–Crippen MR) is 132 cm³/mol. The molecule has 8 nitrogen and oxygen atoms in total. The summed E-state index contributed by atoms with van der Waals surface area (Å²) < 4.78 is 11.7. The van der Waals surface area contributed by atoms with Gasteiger partial charge in [-0.1, -0.05) is 37.3 Å². The van der Waals surface area contributed by atoms with E-state index in [1.807, 2.05) is 44.2 Å². The van der Waals surface area contributed by atoms with Gasteiger partial charge in [0.25, 0.3) is 5.91 Å². The lowest BCUT2D eigenvalue weighted by atomic mass is 9.97. The van der Waals surface area contributed by atoms with Crippen LogP contribution in [0.3, 0.4) is 0 Å². The Balaban J connectivity index is 1.64. The maximum absolute atomic E-state index is 13.6. The van der Waals surface area contributed by atoms with Crippen molar-refractivity contribution in [3.63, 3.8) is 0 Å². The SMILES string of the molecule is C[C@@H]1CN([C@H](C)CO)C(=O)c2cc(-c3ccccc3)cnc2O[C@H]1CN(C)C(=O)C1CCOCC1. The average molecular weight is 482 g/mol. The number of aliphatic hydroxyl groups excluding tert-OH is 1. The van der Waals surface area contributed by atoms with Crippen molar-refractivity contribution in [2.24, 2.45) is 11.8 Å². The summed E-state index contributed by atoms with van der Waals surface area (Å²) >= 11 is 0. The Morgan fingerprint density at radius 3 is 2.63 bits per heavy atom. The highest BCUT2D eigenvalue weighted by atomic mass is 16.5. The van der Waals surface area contributed by atoms with Crippen LogP contribution in [0.2, 0.25) is 0 Å². The maximum Gasteiger partial charge on any atom is 0.259 e. The highest BCUT2D eigenvalue weighted by molar-refractivity contribution is 5.98. The molecular weight excluding hydrogens is 446 g/mol. The van der Waals surface area contributed by atoms with Gasteiger partial charge in [0, 0.05) is 50.4 Å². The van der Waals surface area contributed by atoms with E-state index in [1.54, 1.807) is 29.1 Å². The Bertz CT molecular complexity index is 1020. The minimum atomic E-state index is -0.362. The topological polar surface area (TPSA) is 92.2 Å². The van der Waals surface area contributed by atoms with Crippen molar-refractivity contribution in [2.45, 2.75) is 38.8 Å². The minimum Gasteiger partial charge on any atom is -0.472 e. The van der Waals surface area contributed by atoms with E-state index < -0.39 is 0 Å². The van der Waals surface area contributed by atoms with Gasteiger partial charge in [-0.3, -0.25) is 9.59 Å². The van der Waals surface area contributed by atoms with E-state index in [9.17, 15) is 14.7 Å². The number of aromatic nitrogens is 1. The Morgan fingerprint density at radius 2 is 1.94 bits per heavy atom. The van der Waals surface area contributed by atoms with Crippen LogP contribution in [0.4, 0.5) is 0 Å². The molecule has 3 heterocycles. The molecule has 2 aliphatic rings. The molecule has 2 aromatic rings. The largest absolute Gasteiger partial charge is 0.472 e. The van der Waals surface area contributed by atoms with Crippen molar-refractivity contribution < 1.29 is 24.2 Å². The van der Waals surface area contributed by atoms with Crippen molar-refractivity contribution in [2.75, 3.05) is 40.0 Å². The third-order valence-corrected chi connectivity index (χ3v) is 7.03. The van der Waals surface area contributed by atoms with Crippen LogP contribution in [0.25, 0.3) is 11.1 Å². The fourth-order valence-electron chi connectivity index (χ4n) is 4.72. The molecule has 188 valence electrons. The summed E-state index contributed by atoms with van der Waals surface area (Å²) in [6, 6.07) is 11.2. The summed E-state index contributed by atoms with van der Waals surface area (Å²) in [5.41, 5.74) is 2.13. The van der Waals surface area contributed by atoms with Crippen molar-refractivity contribution in [1.82, 2.24) is 14.8 Å². The second-order valence-corrected chi connectivity index (χ2v) is 9.67. The number of benzene rings is 1. The smallest absolute Gasteiger partial charge is 0.259 e. The van der Waals surface area contributed by atoms with Gasteiger partial charge in [-0.2, -0.15) is 0 Å². The number of carbonyl (C=O) groups excluding carboxylic acids is 2. The third kappa shape index (κ3) is 5.65. The van der Waals surface area contributed by atoms with Gasteiger partial charge < -0.3 is 24.4 Å². The number of amides is 2. The molecule has 0 spiro atoms. The second-order valence-electron chi connectivity index (χ2n) is 9.67. The number of carbonyl (C=O) groups is 2. The lowest BCUT2D eigenvalue weighted by Crippen LogP contribution is -2.51. The van der Waals surface area contributed by atoms with Crippen molar-refractivity contribution >= 4 is 11.8 Å². The monoisotopic (exact) mass is 481 g/mol. The van der Waals surface area contributed by atoms with E-state index in [1.165, 1.54) is 0 Å². The minimum absolute atomic E-state index is 0.0380. The van der Waals surface area contributed by atoms with Crippen LogP contribution in [0, 0.1) is 11.8 Å². The summed E-state index contributed by atoms with van der Waals surface area (Å²) in [7, 11) is 1.80. The summed E-state index contributed by atoms with van der Waals surface area (Å²) in [4.78, 5) is 34.6. The molecule has 1 aromatic carbocycles. The first-order chi connectivity index (χ1) is 16.9. The van der Waals surface area contributed by atoms with Crippen LogP contribution in [0.15, 0.2) is 42.6 Å². The van der Waals surface area contributed by atoms with Gasteiger partial charge in [-0.15, -0.1) is 0 Å². The molecule has 1 aromatic heterocycles. The highest BCUT2D eigenvalue weighted by Gasteiger charge is 2.35. The molecule has 0 aliphatic carbocycles. The second kappa shape index (κ2) is 11.2. The van der Waals surface area contributed by atoms with Crippen molar-refractivity contribution in [3.8, 4) is 17.0 Å². The summed E-state index contributed by atoms with van der Waals surface area (Å²) in [5, 5.41) is 9.86. The molecule has 2 amide bonds. The van der Waals surface area contributed by atoms with E-state index in [0.717, 1.165) is 24.0 Å². The van der Waals surface area contributed by atoms with Gasteiger partial charge in [0.2, 0.25) is 11.8 Å². The molecule has 1 N–H and O–H groups in total. The Morgan fingerprint density at radius 1 is 1.23 bits per heavy atom. The Hall–Kier alpha value is -2.97. The molecule has 8 heteroatoms. The van der Waals surface area contributed by atoms with Crippen molar-refractivity contribution in [1.29, 1.82) is 0 Å². The zero-order valence-electron chi connectivity index (χ0n) is 20.7. The van der Waals surface area contributed by atoms with E-state index >= 15 is 0 Å². The molecule has 4 rings (SSSR count). The molecule has 2 aliphatic heterocycles. The predicted octanol–water partition coefficient (Wildman–Crippen LogP) is 2.85. The first kappa shape index (κ1) is 25.1. The number of hydrogen-bond donors (Lipinski definition) is 1. The number of fused-ring (bicyclic) bond motifs is 1. The first-order valence-electron chi connectivity index (χ1n) is 12.4. The molecule has 1 fully saturated rings. The molecule has 1 saturated heterocycles. The number of nitrogens with zero attached hydrogens (tertiary/aromatic N) is 3. The number of ether oxygens (including phenoxy) is 2. The number of hydrogen-bond acceptors (Lipinski definition) is 6. The molecule has 0 unspecified atom stereocenters. The fourth-order valence-corrected chi connectivity index (χ4v) is 4.72. The highest BCUT2D eigenvalue weighted by Crippen LogP contribution is 2.30. The maximum atomic E-state index is 13.6. The van der Waals surface area contributed by atoms with Gasteiger partial charge in [0.15, 0.2) is 0 Å². The van der Waals surface area contributed by atoms with Gasteiger partial charge in [-0.25, -0.2) is 4.98 Å². The summed E-state index contributed by atoms with van der Waals surface area (Å²) in [6.07, 6.45) is 2.81.